The summed E-state index contributed by atoms with van der Waals surface area (Å²) in [6.45, 7) is 7.18. The van der Waals surface area contributed by atoms with E-state index in [2.05, 4.69) is 32.2 Å². The van der Waals surface area contributed by atoms with Gasteiger partial charge in [-0.25, -0.2) is 0 Å². The van der Waals surface area contributed by atoms with E-state index in [1.54, 1.807) is 12.1 Å². The van der Waals surface area contributed by atoms with Crippen molar-refractivity contribution in [1.82, 2.24) is 5.32 Å². The van der Waals surface area contributed by atoms with Gasteiger partial charge >= 0.3 is 0 Å². The maximum Gasteiger partial charge on any atom is 0.115 e. The van der Waals surface area contributed by atoms with E-state index in [1.807, 2.05) is 12.1 Å². The van der Waals surface area contributed by atoms with Crippen LogP contribution in [0.25, 0.3) is 0 Å². The molecule has 82 valence electrons. The maximum absolute atomic E-state index is 9.16. The Morgan fingerprint density at radius 3 is 2.47 bits per heavy atom. The van der Waals surface area contributed by atoms with Crippen LogP contribution < -0.4 is 5.32 Å². The highest BCUT2D eigenvalue weighted by Crippen LogP contribution is 2.15. The third kappa shape index (κ3) is 4.17. The number of nitrogens with one attached hydrogen (secondary N) is 1. The normalized spacial score (nSPS) is 12.2. The number of hydrogen-bond acceptors (Lipinski definition) is 2. The number of phenolic OH excluding ortho intramolecular Hbond substituents is 1. The van der Waals surface area contributed by atoms with Crippen LogP contribution in [0.1, 0.15) is 32.4 Å². The summed E-state index contributed by atoms with van der Waals surface area (Å²) in [6, 6.07) is 7.62. The van der Waals surface area contributed by atoms with Crippen molar-refractivity contribution >= 4 is 0 Å². The number of hydrogen-bond donors (Lipinski definition) is 2. The molecular formula is C13H19NO. The molecule has 2 nitrogen and oxygen atoms in total. The largest absolute Gasteiger partial charge is 0.508 e. The highest BCUT2D eigenvalue weighted by Gasteiger charge is 2.02. The van der Waals surface area contributed by atoms with Gasteiger partial charge in [0, 0.05) is 12.6 Å². The zero-order valence-corrected chi connectivity index (χ0v) is 9.62. The SMILES string of the molecule is CC(C)=CCNC(C)c1ccc(O)cc1. The van der Waals surface area contributed by atoms with E-state index in [4.69, 9.17) is 5.11 Å². The molecule has 0 spiro atoms. The fraction of sp³-hybridized carbons (Fsp3) is 0.385. The van der Waals surface area contributed by atoms with Gasteiger partial charge in [-0.1, -0.05) is 23.8 Å². The summed E-state index contributed by atoms with van der Waals surface area (Å²) < 4.78 is 0. The maximum atomic E-state index is 9.16. The van der Waals surface area contributed by atoms with Gasteiger partial charge < -0.3 is 10.4 Å². The Morgan fingerprint density at radius 2 is 1.93 bits per heavy atom. The lowest BCUT2D eigenvalue weighted by Crippen LogP contribution is -2.18. The summed E-state index contributed by atoms with van der Waals surface area (Å²) in [5.41, 5.74) is 2.51. The van der Waals surface area contributed by atoms with Crippen LogP contribution in [-0.2, 0) is 0 Å². The zero-order valence-electron chi connectivity index (χ0n) is 9.62. The lowest BCUT2D eigenvalue weighted by molar-refractivity contribution is 0.474. The minimum absolute atomic E-state index is 0.307. The molecule has 0 saturated heterocycles. The van der Waals surface area contributed by atoms with Crippen LogP contribution in [-0.4, -0.2) is 11.7 Å². The van der Waals surface area contributed by atoms with E-state index in [0.717, 1.165) is 6.54 Å². The number of aromatic hydroxyl groups is 1. The minimum atomic E-state index is 0.307. The van der Waals surface area contributed by atoms with Crippen molar-refractivity contribution in [2.24, 2.45) is 0 Å². The molecule has 0 heterocycles. The van der Waals surface area contributed by atoms with Gasteiger partial charge in [0.15, 0.2) is 0 Å². The van der Waals surface area contributed by atoms with Crippen LogP contribution in [0.15, 0.2) is 35.9 Å². The second-order valence-electron chi connectivity index (χ2n) is 4.00. The Morgan fingerprint density at radius 1 is 1.33 bits per heavy atom. The van der Waals surface area contributed by atoms with Gasteiger partial charge in [-0.15, -0.1) is 0 Å². The van der Waals surface area contributed by atoms with E-state index in [-0.39, 0.29) is 0 Å². The molecule has 0 saturated carbocycles. The average Bonchev–Trinajstić information content (AvgIpc) is 2.18. The van der Waals surface area contributed by atoms with Gasteiger partial charge in [0.05, 0.1) is 0 Å². The van der Waals surface area contributed by atoms with Crippen molar-refractivity contribution in [2.45, 2.75) is 26.8 Å². The van der Waals surface area contributed by atoms with Gasteiger partial charge in [0.2, 0.25) is 0 Å². The standard InChI is InChI=1S/C13H19NO/c1-10(2)8-9-14-11(3)12-4-6-13(15)7-5-12/h4-8,11,14-15H,9H2,1-3H3. The van der Waals surface area contributed by atoms with Gasteiger partial charge in [-0.2, -0.15) is 0 Å². The fourth-order valence-electron chi connectivity index (χ4n) is 1.32. The smallest absolute Gasteiger partial charge is 0.115 e. The predicted octanol–water partition coefficient (Wildman–Crippen LogP) is 3.01. The van der Waals surface area contributed by atoms with E-state index < -0.39 is 0 Å². The molecule has 0 aliphatic rings. The van der Waals surface area contributed by atoms with E-state index in [0.29, 0.717) is 11.8 Å². The molecule has 1 unspecified atom stereocenters. The lowest BCUT2D eigenvalue weighted by atomic mass is 10.1. The summed E-state index contributed by atoms with van der Waals surface area (Å²) in [5.74, 6) is 0.315. The molecular weight excluding hydrogens is 186 g/mol. The first-order valence-electron chi connectivity index (χ1n) is 5.25. The Bertz CT molecular complexity index is 323. The molecule has 0 radical (unpaired) electrons. The summed E-state index contributed by atoms with van der Waals surface area (Å²) >= 11 is 0. The van der Waals surface area contributed by atoms with Crippen LogP contribution in [0.5, 0.6) is 5.75 Å². The number of benzene rings is 1. The van der Waals surface area contributed by atoms with Crippen LogP contribution >= 0.6 is 0 Å². The first kappa shape index (κ1) is 11.8. The molecule has 0 aliphatic heterocycles. The molecule has 0 aliphatic carbocycles. The Balaban J connectivity index is 2.50. The Hall–Kier alpha value is -1.28. The second-order valence-corrected chi connectivity index (χ2v) is 4.00. The first-order chi connectivity index (χ1) is 7.09. The number of rotatable bonds is 4. The van der Waals surface area contributed by atoms with Crippen molar-refractivity contribution in [3.05, 3.63) is 41.5 Å². The van der Waals surface area contributed by atoms with Gasteiger partial charge in [-0.05, 0) is 38.5 Å². The first-order valence-corrected chi connectivity index (χ1v) is 5.25. The van der Waals surface area contributed by atoms with Gasteiger partial charge in [0.1, 0.15) is 5.75 Å². The summed E-state index contributed by atoms with van der Waals surface area (Å²) in [4.78, 5) is 0. The second kappa shape index (κ2) is 5.56. The topological polar surface area (TPSA) is 32.3 Å². The zero-order chi connectivity index (χ0) is 11.3. The third-order valence-corrected chi connectivity index (χ3v) is 2.33. The lowest BCUT2D eigenvalue weighted by Gasteiger charge is -2.12. The van der Waals surface area contributed by atoms with Crippen molar-refractivity contribution in [3.63, 3.8) is 0 Å². The van der Waals surface area contributed by atoms with Crippen LogP contribution in [0, 0.1) is 0 Å². The van der Waals surface area contributed by atoms with Crippen molar-refractivity contribution in [1.29, 1.82) is 0 Å². The van der Waals surface area contributed by atoms with E-state index in [9.17, 15) is 0 Å². The molecule has 0 bridgehead atoms. The summed E-state index contributed by atoms with van der Waals surface area (Å²) in [7, 11) is 0. The molecule has 1 atom stereocenters. The van der Waals surface area contributed by atoms with Crippen molar-refractivity contribution in [3.8, 4) is 5.75 Å². The highest BCUT2D eigenvalue weighted by atomic mass is 16.3. The number of allylic oxidation sites excluding steroid dienone is 1. The molecule has 1 rings (SSSR count). The molecule has 1 aromatic carbocycles. The Kier molecular flexibility index (Phi) is 4.37. The molecule has 2 heteroatoms. The van der Waals surface area contributed by atoms with Crippen LogP contribution in [0.3, 0.4) is 0 Å². The summed E-state index contributed by atoms with van der Waals surface area (Å²) in [6.07, 6.45) is 2.16. The number of phenols is 1. The Labute approximate surface area is 91.6 Å². The molecule has 0 aromatic heterocycles. The van der Waals surface area contributed by atoms with E-state index >= 15 is 0 Å². The molecule has 15 heavy (non-hydrogen) atoms. The van der Waals surface area contributed by atoms with Crippen LogP contribution in [0.4, 0.5) is 0 Å². The predicted molar refractivity (Wildman–Crippen MR) is 64.0 cm³/mol. The van der Waals surface area contributed by atoms with E-state index in [1.165, 1.54) is 11.1 Å². The van der Waals surface area contributed by atoms with Gasteiger partial charge in [0.25, 0.3) is 0 Å². The fourth-order valence-corrected chi connectivity index (χ4v) is 1.32. The molecule has 0 amide bonds. The quantitative estimate of drug-likeness (QED) is 0.741. The summed E-state index contributed by atoms with van der Waals surface area (Å²) in [5, 5.41) is 12.5. The monoisotopic (exact) mass is 205 g/mol. The van der Waals surface area contributed by atoms with Crippen molar-refractivity contribution in [2.75, 3.05) is 6.54 Å². The highest BCUT2D eigenvalue weighted by molar-refractivity contribution is 5.27. The molecule has 0 fully saturated rings. The molecule has 2 N–H and O–H groups in total. The van der Waals surface area contributed by atoms with Crippen LogP contribution in [0.2, 0.25) is 0 Å². The minimum Gasteiger partial charge on any atom is -0.508 e. The average molecular weight is 205 g/mol. The van der Waals surface area contributed by atoms with Crippen molar-refractivity contribution < 1.29 is 5.11 Å². The third-order valence-electron chi connectivity index (χ3n) is 2.33. The molecule has 1 aromatic rings. The van der Waals surface area contributed by atoms with Gasteiger partial charge in [-0.3, -0.25) is 0 Å².